The van der Waals surface area contributed by atoms with Crippen molar-refractivity contribution >= 4 is 16.9 Å². The number of hydrogen-bond acceptors (Lipinski definition) is 3. The molecule has 0 aliphatic carbocycles. The van der Waals surface area contributed by atoms with Crippen LogP contribution in [0.5, 0.6) is 0 Å². The van der Waals surface area contributed by atoms with Gasteiger partial charge in [-0.05, 0) is 37.0 Å². The molecule has 1 aliphatic heterocycles. The number of para-hydroxylation sites is 2. The second-order valence-corrected chi connectivity index (χ2v) is 6.78. The predicted molar refractivity (Wildman–Crippen MR) is 97.9 cm³/mol. The summed E-state index contributed by atoms with van der Waals surface area (Å²) < 4.78 is 0. The number of amides is 1. The Balaban J connectivity index is 1.49. The van der Waals surface area contributed by atoms with Crippen LogP contribution >= 0.6 is 0 Å². The number of aromatic nitrogens is 2. The van der Waals surface area contributed by atoms with E-state index in [-0.39, 0.29) is 5.91 Å². The lowest BCUT2D eigenvalue weighted by molar-refractivity contribution is -0.128. The van der Waals surface area contributed by atoms with Crippen molar-refractivity contribution in [3.8, 4) is 0 Å². The van der Waals surface area contributed by atoms with Crippen molar-refractivity contribution < 1.29 is 4.79 Å². The third-order valence-electron chi connectivity index (χ3n) is 4.85. The van der Waals surface area contributed by atoms with Crippen molar-refractivity contribution in [1.29, 1.82) is 0 Å². The van der Waals surface area contributed by atoms with Gasteiger partial charge in [0, 0.05) is 13.0 Å². The lowest BCUT2D eigenvalue weighted by Crippen LogP contribution is -2.26. The third-order valence-corrected chi connectivity index (χ3v) is 4.85. The van der Waals surface area contributed by atoms with Crippen molar-refractivity contribution in [2.45, 2.75) is 26.3 Å². The van der Waals surface area contributed by atoms with Gasteiger partial charge in [-0.25, -0.2) is 9.97 Å². The fourth-order valence-corrected chi connectivity index (χ4v) is 3.55. The van der Waals surface area contributed by atoms with Crippen molar-refractivity contribution in [3.63, 3.8) is 0 Å². The Morgan fingerprint density at radius 3 is 2.44 bits per heavy atom. The molecule has 2 heterocycles. The van der Waals surface area contributed by atoms with Gasteiger partial charge >= 0.3 is 0 Å². The summed E-state index contributed by atoms with van der Waals surface area (Å²) in [4.78, 5) is 23.7. The summed E-state index contributed by atoms with van der Waals surface area (Å²) in [5, 5.41) is 0. The molecule has 1 aliphatic rings. The predicted octanol–water partition coefficient (Wildman–Crippen LogP) is 3.53. The average Bonchev–Trinajstić information content (AvgIpc) is 2.95. The molecule has 4 nitrogen and oxygen atoms in total. The molecule has 0 bridgehead atoms. The van der Waals surface area contributed by atoms with Crippen LogP contribution in [0.3, 0.4) is 0 Å². The van der Waals surface area contributed by atoms with E-state index in [4.69, 9.17) is 4.98 Å². The van der Waals surface area contributed by atoms with E-state index in [1.165, 1.54) is 5.56 Å². The van der Waals surface area contributed by atoms with E-state index in [1.807, 2.05) is 42.2 Å². The highest BCUT2D eigenvalue weighted by molar-refractivity contribution is 5.79. The zero-order valence-electron chi connectivity index (χ0n) is 14.4. The van der Waals surface area contributed by atoms with Crippen LogP contribution in [-0.2, 0) is 17.8 Å². The molecule has 1 amide bonds. The Bertz CT molecular complexity index is 907. The standard InChI is InChI=1S/C21H21N3O/c1-15-20(23-19-10-6-5-9-18(19)22-15)14-24-13-17(12-21(24)25)11-16-7-3-2-4-8-16/h2-10,17H,11-14H2,1H3/t17-/m0/s1. The number of hydrogen-bond donors (Lipinski definition) is 0. The highest BCUT2D eigenvalue weighted by Crippen LogP contribution is 2.24. The minimum absolute atomic E-state index is 0.218. The lowest BCUT2D eigenvalue weighted by Gasteiger charge is -2.17. The first-order chi connectivity index (χ1) is 12.2. The highest BCUT2D eigenvalue weighted by atomic mass is 16.2. The van der Waals surface area contributed by atoms with Gasteiger partial charge in [-0.3, -0.25) is 4.79 Å². The SMILES string of the molecule is Cc1nc2ccccc2nc1CN1C[C@@H](Cc2ccccc2)CC1=O. The summed E-state index contributed by atoms with van der Waals surface area (Å²) in [6, 6.07) is 18.3. The van der Waals surface area contributed by atoms with Crippen LogP contribution in [0.15, 0.2) is 54.6 Å². The molecule has 0 saturated carbocycles. The summed E-state index contributed by atoms with van der Waals surface area (Å²) in [6.45, 7) is 3.31. The maximum Gasteiger partial charge on any atom is 0.223 e. The monoisotopic (exact) mass is 331 g/mol. The Labute approximate surface area is 147 Å². The molecule has 3 aromatic rings. The van der Waals surface area contributed by atoms with Gasteiger partial charge in [-0.2, -0.15) is 0 Å². The van der Waals surface area contributed by atoms with Gasteiger partial charge in [0.15, 0.2) is 0 Å². The maximum absolute atomic E-state index is 12.4. The summed E-state index contributed by atoms with van der Waals surface area (Å²) in [7, 11) is 0. The molecule has 0 N–H and O–H groups in total. The fraction of sp³-hybridized carbons (Fsp3) is 0.286. The Morgan fingerprint density at radius 2 is 1.68 bits per heavy atom. The summed E-state index contributed by atoms with van der Waals surface area (Å²) in [5.41, 5.74) is 4.88. The Hall–Kier alpha value is -2.75. The van der Waals surface area contributed by atoms with Crippen LogP contribution in [0.2, 0.25) is 0 Å². The van der Waals surface area contributed by atoms with E-state index in [9.17, 15) is 4.79 Å². The third kappa shape index (κ3) is 3.38. The summed E-state index contributed by atoms with van der Waals surface area (Å²) in [6.07, 6.45) is 1.57. The summed E-state index contributed by atoms with van der Waals surface area (Å²) >= 11 is 0. The molecule has 0 spiro atoms. The molecule has 1 atom stereocenters. The number of carbonyl (C=O) groups excluding carboxylic acids is 1. The molecule has 4 heteroatoms. The topological polar surface area (TPSA) is 46.1 Å². The maximum atomic E-state index is 12.4. The number of likely N-dealkylation sites (tertiary alicyclic amines) is 1. The van der Waals surface area contributed by atoms with Crippen molar-refractivity contribution in [2.24, 2.45) is 5.92 Å². The van der Waals surface area contributed by atoms with E-state index in [1.54, 1.807) is 0 Å². The second kappa shape index (κ2) is 6.63. The molecular formula is C21H21N3O. The number of carbonyl (C=O) groups is 1. The van der Waals surface area contributed by atoms with Crippen LogP contribution in [-0.4, -0.2) is 27.3 Å². The number of fused-ring (bicyclic) bond motifs is 1. The van der Waals surface area contributed by atoms with Crippen LogP contribution in [0.25, 0.3) is 11.0 Å². The van der Waals surface area contributed by atoms with Gasteiger partial charge in [0.25, 0.3) is 0 Å². The van der Waals surface area contributed by atoms with E-state index in [0.29, 0.717) is 18.9 Å². The van der Waals surface area contributed by atoms with Gasteiger partial charge in [0.2, 0.25) is 5.91 Å². The number of aryl methyl sites for hydroxylation is 1. The zero-order chi connectivity index (χ0) is 17.2. The first kappa shape index (κ1) is 15.8. The molecular weight excluding hydrogens is 310 g/mol. The van der Waals surface area contributed by atoms with Gasteiger partial charge in [0.1, 0.15) is 0 Å². The minimum Gasteiger partial charge on any atom is -0.336 e. The quantitative estimate of drug-likeness (QED) is 0.735. The number of nitrogens with zero attached hydrogens (tertiary/aromatic N) is 3. The second-order valence-electron chi connectivity index (χ2n) is 6.78. The molecule has 1 aromatic heterocycles. The largest absolute Gasteiger partial charge is 0.336 e. The molecule has 2 aromatic carbocycles. The van der Waals surface area contributed by atoms with Crippen LogP contribution < -0.4 is 0 Å². The average molecular weight is 331 g/mol. The Morgan fingerprint density at radius 1 is 1.00 bits per heavy atom. The molecule has 0 radical (unpaired) electrons. The number of benzene rings is 2. The van der Waals surface area contributed by atoms with E-state index in [2.05, 4.69) is 29.2 Å². The number of rotatable bonds is 4. The lowest BCUT2D eigenvalue weighted by atomic mass is 9.99. The van der Waals surface area contributed by atoms with Crippen molar-refractivity contribution in [1.82, 2.24) is 14.9 Å². The molecule has 0 unspecified atom stereocenters. The highest BCUT2D eigenvalue weighted by Gasteiger charge is 2.30. The van der Waals surface area contributed by atoms with E-state index in [0.717, 1.165) is 35.4 Å². The smallest absolute Gasteiger partial charge is 0.223 e. The first-order valence-electron chi connectivity index (χ1n) is 8.73. The molecule has 126 valence electrons. The molecule has 1 saturated heterocycles. The van der Waals surface area contributed by atoms with Gasteiger partial charge < -0.3 is 4.90 Å². The van der Waals surface area contributed by atoms with Gasteiger partial charge in [-0.1, -0.05) is 42.5 Å². The normalized spacial score (nSPS) is 17.4. The van der Waals surface area contributed by atoms with Crippen molar-refractivity contribution in [3.05, 3.63) is 71.5 Å². The molecule has 25 heavy (non-hydrogen) atoms. The van der Waals surface area contributed by atoms with Crippen LogP contribution in [0, 0.1) is 12.8 Å². The van der Waals surface area contributed by atoms with Gasteiger partial charge in [0.05, 0.1) is 29.0 Å². The van der Waals surface area contributed by atoms with Crippen LogP contribution in [0.4, 0.5) is 0 Å². The van der Waals surface area contributed by atoms with Gasteiger partial charge in [-0.15, -0.1) is 0 Å². The molecule has 1 fully saturated rings. The summed E-state index contributed by atoms with van der Waals surface area (Å²) in [5.74, 6) is 0.596. The zero-order valence-corrected chi connectivity index (χ0v) is 14.4. The Kier molecular flexibility index (Phi) is 4.18. The first-order valence-corrected chi connectivity index (χ1v) is 8.73. The molecule has 4 rings (SSSR count). The van der Waals surface area contributed by atoms with E-state index >= 15 is 0 Å². The van der Waals surface area contributed by atoms with Crippen molar-refractivity contribution in [2.75, 3.05) is 6.54 Å². The van der Waals surface area contributed by atoms with Crippen LogP contribution in [0.1, 0.15) is 23.4 Å². The minimum atomic E-state index is 0.218. The van der Waals surface area contributed by atoms with E-state index < -0.39 is 0 Å². The fourth-order valence-electron chi connectivity index (χ4n) is 3.55.